The van der Waals surface area contributed by atoms with Gasteiger partial charge in [-0.1, -0.05) is 31.5 Å². The van der Waals surface area contributed by atoms with Crippen molar-refractivity contribution in [3.8, 4) is 5.75 Å². The van der Waals surface area contributed by atoms with E-state index < -0.39 is 10.0 Å². The molecule has 9 nitrogen and oxygen atoms in total. The van der Waals surface area contributed by atoms with Gasteiger partial charge < -0.3 is 14.8 Å². The molecule has 0 saturated carbocycles. The zero-order chi connectivity index (χ0) is 24.8. The van der Waals surface area contributed by atoms with Crippen molar-refractivity contribution in [3.05, 3.63) is 60.3 Å². The fourth-order valence-corrected chi connectivity index (χ4v) is 5.21. The number of carbonyl (C=O) groups is 1. The lowest BCUT2D eigenvalue weighted by atomic mass is 10.2. The second-order valence-electron chi connectivity index (χ2n) is 8.22. The van der Waals surface area contributed by atoms with Crippen molar-refractivity contribution in [1.82, 2.24) is 4.31 Å². The smallest absolute Gasteiger partial charge is 0.282 e. The summed E-state index contributed by atoms with van der Waals surface area (Å²) in [5.74, 6) is 0.357. The van der Waals surface area contributed by atoms with E-state index >= 15 is 0 Å². The summed E-state index contributed by atoms with van der Waals surface area (Å²) in [6, 6.07) is 13.8. The third-order valence-electron chi connectivity index (χ3n) is 5.75. The van der Waals surface area contributed by atoms with Gasteiger partial charge in [0.05, 0.1) is 47.4 Å². The summed E-state index contributed by atoms with van der Waals surface area (Å²) in [4.78, 5) is 13.3. The highest BCUT2D eigenvalue weighted by Crippen LogP contribution is 2.29. The number of carbonyl (C=O) groups excluding carboxylic acids is 1. The molecule has 1 saturated heterocycles. The quantitative estimate of drug-likeness (QED) is 0.419. The molecule has 1 fully saturated rings. The summed E-state index contributed by atoms with van der Waals surface area (Å²) in [7, 11) is -3.69. The summed E-state index contributed by atoms with van der Waals surface area (Å²) in [6.07, 6.45) is 3.60. The van der Waals surface area contributed by atoms with Crippen LogP contribution in [0.1, 0.15) is 26.7 Å². The molecular formula is C25H30N4O5S. The number of ether oxygens (including phenoxy) is 2. The van der Waals surface area contributed by atoms with Crippen molar-refractivity contribution in [2.75, 3.05) is 43.2 Å². The van der Waals surface area contributed by atoms with Gasteiger partial charge in [-0.2, -0.15) is 14.4 Å². The number of sulfonamides is 1. The molecule has 0 atom stereocenters. The number of benzene rings is 2. The maximum Gasteiger partial charge on any atom is 0.282 e. The molecule has 0 unspecified atom stereocenters. The van der Waals surface area contributed by atoms with Crippen LogP contribution in [0.4, 0.5) is 11.4 Å². The number of hydrogen-bond acceptors (Lipinski definition) is 7. The standard InChI is InChI=1S/C25H30N4O5S/c1-3-4-14-34-24-11-6-5-10-23(24)26-18-22-19(2)27-29(25(22)30)20-8-7-9-21(17-20)35(31,32)28-12-15-33-16-13-28/h5-11,17-18,26H,3-4,12-16H2,1-2H3. The van der Waals surface area contributed by atoms with Crippen molar-refractivity contribution in [3.63, 3.8) is 0 Å². The van der Waals surface area contributed by atoms with Gasteiger partial charge in [-0.15, -0.1) is 0 Å². The van der Waals surface area contributed by atoms with Crippen LogP contribution in [-0.4, -0.2) is 57.3 Å². The van der Waals surface area contributed by atoms with E-state index in [0.29, 0.717) is 55.6 Å². The third-order valence-corrected chi connectivity index (χ3v) is 7.64. The van der Waals surface area contributed by atoms with Crippen LogP contribution < -0.4 is 15.1 Å². The molecule has 0 radical (unpaired) electrons. The summed E-state index contributed by atoms with van der Waals surface area (Å²) in [6.45, 7) is 5.78. The van der Waals surface area contributed by atoms with E-state index in [4.69, 9.17) is 9.47 Å². The molecule has 0 aromatic heterocycles. The van der Waals surface area contributed by atoms with Gasteiger partial charge in [0.2, 0.25) is 10.0 Å². The molecule has 0 bridgehead atoms. The van der Waals surface area contributed by atoms with Crippen LogP contribution >= 0.6 is 0 Å². The first-order chi connectivity index (χ1) is 16.9. The number of hydrogen-bond donors (Lipinski definition) is 1. The van der Waals surface area contributed by atoms with E-state index in [-0.39, 0.29) is 10.8 Å². The van der Waals surface area contributed by atoms with E-state index in [2.05, 4.69) is 17.3 Å². The molecule has 0 aliphatic carbocycles. The predicted octanol–water partition coefficient (Wildman–Crippen LogP) is 3.60. The van der Waals surface area contributed by atoms with Crippen molar-refractivity contribution in [1.29, 1.82) is 0 Å². The lowest BCUT2D eigenvalue weighted by Gasteiger charge is -2.26. The monoisotopic (exact) mass is 498 g/mol. The fourth-order valence-electron chi connectivity index (χ4n) is 3.76. The summed E-state index contributed by atoms with van der Waals surface area (Å²) >= 11 is 0. The highest BCUT2D eigenvalue weighted by molar-refractivity contribution is 7.89. The van der Waals surface area contributed by atoms with E-state index in [0.717, 1.165) is 18.5 Å². The summed E-state index contributed by atoms with van der Waals surface area (Å²) < 4.78 is 38.6. The summed E-state index contributed by atoms with van der Waals surface area (Å²) in [5, 5.41) is 8.78. The van der Waals surface area contributed by atoms with Gasteiger partial charge in [-0.25, -0.2) is 8.42 Å². The van der Waals surface area contributed by atoms with Crippen LogP contribution in [0.25, 0.3) is 0 Å². The molecule has 186 valence electrons. The number of unbranched alkanes of at least 4 members (excludes halogenated alkanes) is 1. The van der Waals surface area contributed by atoms with Gasteiger partial charge >= 0.3 is 0 Å². The highest BCUT2D eigenvalue weighted by Gasteiger charge is 2.31. The minimum Gasteiger partial charge on any atom is -0.491 e. The normalized spacial score (nSPS) is 18.1. The minimum atomic E-state index is -3.69. The molecule has 2 aliphatic rings. The number of anilines is 2. The molecule has 2 heterocycles. The fraction of sp³-hybridized carbons (Fsp3) is 0.360. The van der Waals surface area contributed by atoms with Crippen molar-refractivity contribution in [2.24, 2.45) is 5.10 Å². The maximum absolute atomic E-state index is 13.2. The molecule has 2 aromatic carbocycles. The lowest BCUT2D eigenvalue weighted by molar-refractivity contribution is -0.114. The molecule has 2 aromatic rings. The number of hydrazone groups is 1. The average Bonchev–Trinajstić information content (AvgIpc) is 3.17. The number of amides is 1. The van der Waals surface area contributed by atoms with Crippen LogP contribution in [0.2, 0.25) is 0 Å². The van der Waals surface area contributed by atoms with Crippen LogP contribution in [0.15, 0.2) is 70.3 Å². The van der Waals surface area contributed by atoms with Crippen LogP contribution in [0.5, 0.6) is 5.75 Å². The van der Waals surface area contributed by atoms with Crippen molar-refractivity contribution < 1.29 is 22.7 Å². The molecule has 1 N–H and O–H groups in total. The molecule has 10 heteroatoms. The third kappa shape index (κ3) is 5.55. The zero-order valence-corrected chi connectivity index (χ0v) is 20.8. The largest absolute Gasteiger partial charge is 0.491 e. The predicted molar refractivity (Wildman–Crippen MR) is 135 cm³/mol. The summed E-state index contributed by atoms with van der Waals surface area (Å²) in [5.41, 5.74) is 2.03. The topological polar surface area (TPSA) is 101 Å². The first-order valence-electron chi connectivity index (χ1n) is 11.7. The van der Waals surface area contributed by atoms with Gasteiger partial charge in [0.25, 0.3) is 5.91 Å². The van der Waals surface area contributed by atoms with Crippen LogP contribution in [0, 0.1) is 0 Å². The Balaban J connectivity index is 1.52. The first-order valence-corrected chi connectivity index (χ1v) is 13.1. The number of morpholine rings is 1. The maximum atomic E-state index is 13.2. The molecule has 1 amide bonds. The molecule has 0 spiro atoms. The molecule has 2 aliphatic heterocycles. The Morgan fingerprint density at radius 3 is 2.69 bits per heavy atom. The van der Waals surface area contributed by atoms with Crippen molar-refractivity contribution in [2.45, 2.75) is 31.6 Å². The van der Waals surface area contributed by atoms with E-state index in [9.17, 15) is 13.2 Å². The number of nitrogens with zero attached hydrogens (tertiary/aromatic N) is 3. The SMILES string of the molecule is CCCCOc1ccccc1NC=C1C(=O)N(c2cccc(S(=O)(=O)N3CCOCC3)c2)N=C1C. The van der Waals surface area contributed by atoms with Gasteiger partial charge in [-0.3, -0.25) is 4.79 Å². The second-order valence-corrected chi connectivity index (χ2v) is 10.2. The number of nitrogens with one attached hydrogen (secondary N) is 1. The van der Waals surface area contributed by atoms with Gasteiger partial charge in [0.15, 0.2) is 0 Å². The average molecular weight is 499 g/mol. The Bertz CT molecular complexity index is 1240. The number of rotatable bonds is 9. The molecular weight excluding hydrogens is 468 g/mol. The van der Waals surface area contributed by atoms with E-state index in [1.807, 2.05) is 24.3 Å². The van der Waals surface area contributed by atoms with Crippen molar-refractivity contribution >= 4 is 33.0 Å². The Labute approximate surface area is 206 Å². The lowest BCUT2D eigenvalue weighted by Crippen LogP contribution is -2.40. The Kier molecular flexibility index (Phi) is 7.84. The van der Waals surface area contributed by atoms with Crippen LogP contribution in [-0.2, 0) is 19.6 Å². The first kappa shape index (κ1) is 24.9. The van der Waals surface area contributed by atoms with Crippen LogP contribution in [0.3, 0.4) is 0 Å². The van der Waals surface area contributed by atoms with E-state index in [1.165, 1.54) is 21.4 Å². The highest BCUT2D eigenvalue weighted by atomic mass is 32.2. The molecule has 35 heavy (non-hydrogen) atoms. The Morgan fingerprint density at radius 2 is 1.91 bits per heavy atom. The number of para-hydroxylation sites is 2. The minimum absolute atomic E-state index is 0.117. The Hall–Kier alpha value is -3.21. The van der Waals surface area contributed by atoms with Gasteiger partial charge in [0.1, 0.15) is 5.75 Å². The second kappa shape index (κ2) is 11.0. The van der Waals surface area contributed by atoms with Gasteiger partial charge in [0, 0.05) is 19.3 Å². The zero-order valence-electron chi connectivity index (χ0n) is 19.9. The Morgan fingerprint density at radius 1 is 1.14 bits per heavy atom. The molecule has 4 rings (SSSR count). The van der Waals surface area contributed by atoms with Gasteiger partial charge in [-0.05, 0) is 43.7 Å². The van der Waals surface area contributed by atoms with E-state index in [1.54, 1.807) is 25.3 Å².